The van der Waals surface area contributed by atoms with E-state index < -0.39 is 5.54 Å². The Labute approximate surface area is 289 Å². The first-order chi connectivity index (χ1) is 18.8. The summed E-state index contributed by atoms with van der Waals surface area (Å²) in [6.07, 6.45) is 10.6. The van der Waals surface area contributed by atoms with Gasteiger partial charge in [-0.2, -0.15) is 0 Å². The zero-order chi connectivity index (χ0) is 31.2. The van der Waals surface area contributed by atoms with Gasteiger partial charge in [-0.1, -0.05) is 100 Å². The van der Waals surface area contributed by atoms with Crippen LogP contribution in [-0.2, 0) is 33.0 Å². The minimum atomic E-state index is -0.481. The van der Waals surface area contributed by atoms with Gasteiger partial charge in [-0.25, -0.2) is 0 Å². The summed E-state index contributed by atoms with van der Waals surface area (Å²) in [5.41, 5.74) is 5.16. The molecular weight excluding hydrogens is 599 g/mol. The SMILES string of the molecule is CCCCC(C)(CCCC)c1cc(C)c(O)c(C=NC(C)(C)CN=Cc2cc(C(C)(C)C)cc(C(C)(C)C)c2O)c1.[CH3-].[CH3-].[CH3-].[Co]. The van der Waals surface area contributed by atoms with Crippen LogP contribution in [0.4, 0.5) is 0 Å². The van der Waals surface area contributed by atoms with Crippen LogP contribution in [0.15, 0.2) is 34.3 Å². The molecular formula is C40H67CoN2O2-3. The Bertz CT molecular complexity index is 1220. The summed E-state index contributed by atoms with van der Waals surface area (Å²) in [5.74, 6) is 0.589. The molecule has 0 amide bonds. The fourth-order valence-corrected chi connectivity index (χ4v) is 5.21. The molecule has 0 bridgehead atoms. The molecule has 0 heterocycles. The number of aryl methyl sites for hydroxylation is 1. The predicted octanol–water partition coefficient (Wildman–Crippen LogP) is 11.3. The van der Waals surface area contributed by atoms with Crippen molar-refractivity contribution in [3.05, 3.63) is 79.9 Å². The number of phenols is 2. The Morgan fingerprint density at radius 2 is 1.16 bits per heavy atom. The molecule has 0 atom stereocenters. The normalized spacial score (nSPS) is 12.4. The van der Waals surface area contributed by atoms with Gasteiger partial charge in [0.05, 0.1) is 12.1 Å². The Hall–Kier alpha value is -2.11. The minimum Gasteiger partial charge on any atom is -0.507 e. The molecule has 45 heavy (non-hydrogen) atoms. The smallest absolute Gasteiger partial charge is 0.128 e. The molecule has 0 aliphatic rings. The summed E-state index contributed by atoms with van der Waals surface area (Å²) in [5, 5.41) is 22.0. The second kappa shape index (κ2) is 18.9. The molecule has 0 saturated heterocycles. The molecule has 1 radical (unpaired) electrons. The Kier molecular flexibility index (Phi) is 19.9. The molecule has 0 spiro atoms. The third kappa shape index (κ3) is 13.3. The van der Waals surface area contributed by atoms with Crippen LogP contribution in [0.2, 0.25) is 0 Å². The van der Waals surface area contributed by atoms with Crippen LogP contribution in [0, 0.1) is 29.2 Å². The minimum absolute atomic E-state index is 0. The van der Waals surface area contributed by atoms with Crippen LogP contribution in [0.3, 0.4) is 0 Å². The molecule has 2 aromatic rings. The number of benzene rings is 2. The Morgan fingerprint density at radius 3 is 1.62 bits per heavy atom. The predicted molar refractivity (Wildman–Crippen MR) is 198 cm³/mol. The number of aromatic hydroxyl groups is 2. The second-order valence-corrected chi connectivity index (χ2v) is 15.0. The molecule has 2 aromatic carbocycles. The Balaban J connectivity index is -0.00000441. The fourth-order valence-electron chi connectivity index (χ4n) is 5.21. The van der Waals surface area contributed by atoms with Crippen LogP contribution >= 0.6 is 0 Å². The van der Waals surface area contributed by atoms with E-state index >= 15 is 0 Å². The van der Waals surface area contributed by atoms with Gasteiger partial charge < -0.3 is 32.5 Å². The molecule has 261 valence electrons. The van der Waals surface area contributed by atoms with Gasteiger partial charge in [0.1, 0.15) is 11.5 Å². The van der Waals surface area contributed by atoms with Crippen molar-refractivity contribution in [1.29, 1.82) is 0 Å². The summed E-state index contributed by atoms with van der Waals surface area (Å²) >= 11 is 0. The van der Waals surface area contributed by atoms with E-state index in [9.17, 15) is 10.2 Å². The van der Waals surface area contributed by atoms with Crippen molar-refractivity contribution < 1.29 is 27.0 Å². The van der Waals surface area contributed by atoms with Gasteiger partial charge in [-0.3, -0.25) is 9.98 Å². The van der Waals surface area contributed by atoms with E-state index in [1.165, 1.54) is 36.8 Å². The summed E-state index contributed by atoms with van der Waals surface area (Å²) in [6, 6.07) is 8.47. The number of nitrogens with zero attached hydrogens (tertiary/aromatic N) is 2. The zero-order valence-corrected chi connectivity index (χ0v) is 32.6. The molecule has 2 N–H and O–H groups in total. The van der Waals surface area contributed by atoms with Crippen molar-refractivity contribution in [2.45, 2.75) is 143 Å². The summed E-state index contributed by atoms with van der Waals surface area (Å²) in [7, 11) is 0. The number of rotatable bonds is 12. The van der Waals surface area contributed by atoms with Gasteiger partial charge in [0, 0.05) is 45.9 Å². The van der Waals surface area contributed by atoms with E-state index in [2.05, 4.69) is 80.5 Å². The van der Waals surface area contributed by atoms with Gasteiger partial charge in [-0.05, 0) is 78.7 Å². The van der Waals surface area contributed by atoms with Crippen LogP contribution in [0.5, 0.6) is 11.5 Å². The van der Waals surface area contributed by atoms with Crippen molar-refractivity contribution in [2.75, 3.05) is 6.54 Å². The maximum Gasteiger partial charge on any atom is 0.128 e. The number of phenolic OH excluding ortho intramolecular Hbond substituents is 2. The molecule has 5 heteroatoms. The van der Waals surface area contributed by atoms with E-state index in [0.717, 1.165) is 35.1 Å². The van der Waals surface area contributed by atoms with Crippen LogP contribution in [0.1, 0.15) is 148 Å². The molecule has 0 aliphatic heterocycles. The number of aliphatic imine (C=N–C) groups is 2. The van der Waals surface area contributed by atoms with Crippen LogP contribution in [0.25, 0.3) is 0 Å². The topological polar surface area (TPSA) is 65.2 Å². The average Bonchev–Trinajstić information content (AvgIpc) is 2.86. The van der Waals surface area contributed by atoms with Crippen molar-refractivity contribution in [3.8, 4) is 11.5 Å². The molecule has 0 fully saturated rings. The third-order valence-electron chi connectivity index (χ3n) is 8.27. The van der Waals surface area contributed by atoms with Crippen molar-refractivity contribution in [3.63, 3.8) is 0 Å². The molecule has 2 rings (SSSR count). The maximum absolute atomic E-state index is 11.1. The quantitative estimate of drug-likeness (QED) is 0.175. The first kappa shape index (κ1) is 47.3. The number of unbranched alkanes of at least 4 members (excludes halogenated alkanes) is 2. The second-order valence-electron chi connectivity index (χ2n) is 15.0. The number of hydrogen-bond donors (Lipinski definition) is 2. The first-order valence-electron chi connectivity index (χ1n) is 15.6. The van der Waals surface area contributed by atoms with E-state index in [0.29, 0.717) is 18.0 Å². The molecule has 0 saturated carbocycles. The molecule has 4 nitrogen and oxygen atoms in total. The van der Waals surface area contributed by atoms with Gasteiger partial charge in [-0.15, -0.1) is 0 Å². The van der Waals surface area contributed by atoms with Gasteiger partial charge in [0.2, 0.25) is 0 Å². The zero-order valence-electron chi connectivity index (χ0n) is 31.5. The largest absolute Gasteiger partial charge is 0.507 e. The van der Waals surface area contributed by atoms with Crippen molar-refractivity contribution in [2.24, 2.45) is 9.98 Å². The fraction of sp³-hybridized carbons (Fsp3) is 0.575. The summed E-state index contributed by atoms with van der Waals surface area (Å²) < 4.78 is 0. The van der Waals surface area contributed by atoms with Gasteiger partial charge in [0.25, 0.3) is 0 Å². The molecule has 0 aromatic heterocycles. The standard InChI is InChI=1S/C37H58N2O2.3CH3.Co/c1-13-15-17-37(12,18-16-14-2)30-19-26(3)32(40)28(21-30)24-39-36(10,11)25-38-23-27-20-29(34(4,5)6)22-31(33(27)41)35(7,8)9;;;;/h19-24,40-41H,13-18,25H2,1-12H3;3*1H3;/q;3*-1;. The van der Waals surface area contributed by atoms with E-state index in [1.807, 2.05) is 33.1 Å². The van der Waals surface area contributed by atoms with Crippen LogP contribution in [-0.4, -0.2) is 34.7 Å². The average molecular weight is 667 g/mol. The van der Waals surface area contributed by atoms with Gasteiger partial charge >= 0.3 is 0 Å². The van der Waals surface area contributed by atoms with E-state index in [-0.39, 0.29) is 55.3 Å². The van der Waals surface area contributed by atoms with E-state index in [4.69, 9.17) is 9.98 Å². The monoisotopic (exact) mass is 666 g/mol. The van der Waals surface area contributed by atoms with Crippen LogP contribution < -0.4 is 0 Å². The molecule has 0 aliphatic carbocycles. The summed E-state index contributed by atoms with van der Waals surface area (Å²) in [4.78, 5) is 9.62. The van der Waals surface area contributed by atoms with E-state index in [1.54, 1.807) is 6.21 Å². The molecule has 0 unspecified atom stereocenters. The first-order valence-corrected chi connectivity index (χ1v) is 15.6. The number of hydrogen-bond acceptors (Lipinski definition) is 4. The van der Waals surface area contributed by atoms with Crippen molar-refractivity contribution >= 4 is 12.4 Å². The van der Waals surface area contributed by atoms with Gasteiger partial charge in [0.15, 0.2) is 0 Å². The third-order valence-corrected chi connectivity index (χ3v) is 8.27. The summed E-state index contributed by atoms with van der Waals surface area (Å²) in [6.45, 7) is 26.3. The maximum atomic E-state index is 11.1. The van der Waals surface area contributed by atoms with Crippen molar-refractivity contribution in [1.82, 2.24) is 0 Å². The Morgan fingerprint density at radius 1 is 0.667 bits per heavy atom.